The van der Waals surface area contributed by atoms with Crippen LogP contribution < -0.4 is 11.1 Å². The molecule has 122 valence electrons. The summed E-state index contributed by atoms with van der Waals surface area (Å²) in [5.74, 6) is 1.64. The Morgan fingerprint density at radius 1 is 0.917 bits per heavy atom. The Balaban J connectivity index is 1.72. The van der Waals surface area contributed by atoms with E-state index < -0.39 is 0 Å². The van der Waals surface area contributed by atoms with E-state index in [1.807, 2.05) is 30.3 Å². The molecule has 0 unspecified atom stereocenters. The third-order valence-corrected chi connectivity index (χ3v) is 4.65. The normalized spacial score (nSPS) is 20.9. The molecule has 0 amide bonds. The number of hydrogen-bond acceptors (Lipinski definition) is 5. The molecule has 2 heterocycles. The standard InChI is InChI=1S/C19H21N5/c20-14-5-7-15(8-6-14)22-19-16-3-1-2-4-17(16)23-18(24-19)13-9-11-21-12-10-13/h1-4,9-12,14-15H,5-8,20H2,(H,22,23,24). The molecule has 1 fully saturated rings. The molecule has 5 heteroatoms. The smallest absolute Gasteiger partial charge is 0.162 e. The van der Waals surface area contributed by atoms with E-state index in [9.17, 15) is 0 Å². The van der Waals surface area contributed by atoms with Crippen LogP contribution in [0.2, 0.25) is 0 Å². The van der Waals surface area contributed by atoms with E-state index >= 15 is 0 Å². The quantitative estimate of drug-likeness (QED) is 0.774. The van der Waals surface area contributed by atoms with Crippen molar-refractivity contribution in [2.24, 2.45) is 5.73 Å². The first-order chi connectivity index (χ1) is 11.8. The number of nitrogens with two attached hydrogens (primary N) is 1. The molecule has 0 spiro atoms. The number of benzene rings is 1. The zero-order valence-corrected chi connectivity index (χ0v) is 13.5. The van der Waals surface area contributed by atoms with Crippen LogP contribution in [0.3, 0.4) is 0 Å². The number of hydrogen-bond donors (Lipinski definition) is 2. The Morgan fingerprint density at radius 3 is 2.46 bits per heavy atom. The number of aromatic nitrogens is 3. The number of para-hydroxylation sites is 1. The summed E-state index contributed by atoms with van der Waals surface area (Å²) in [6.07, 6.45) is 7.84. The van der Waals surface area contributed by atoms with Crippen LogP contribution in [0.25, 0.3) is 22.3 Å². The van der Waals surface area contributed by atoms with Crippen molar-refractivity contribution in [1.29, 1.82) is 0 Å². The molecule has 0 saturated heterocycles. The summed E-state index contributed by atoms with van der Waals surface area (Å²) in [6, 6.07) is 12.8. The third kappa shape index (κ3) is 3.08. The lowest BCUT2D eigenvalue weighted by atomic mass is 9.92. The second-order valence-electron chi connectivity index (χ2n) is 6.40. The van der Waals surface area contributed by atoms with Gasteiger partial charge in [-0.25, -0.2) is 9.97 Å². The summed E-state index contributed by atoms with van der Waals surface area (Å²) < 4.78 is 0. The minimum Gasteiger partial charge on any atom is -0.367 e. The Kier molecular flexibility index (Phi) is 4.09. The number of fused-ring (bicyclic) bond motifs is 1. The van der Waals surface area contributed by atoms with Gasteiger partial charge in [0.05, 0.1) is 5.52 Å². The molecule has 0 aliphatic heterocycles. The number of nitrogens with zero attached hydrogens (tertiary/aromatic N) is 3. The van der Waals surface area contributed by atoms with Gasteiger partial charge in [-0.3, -0.25) is 4.98 Å². The van der Waals surface area contributed by atoms with Crippen LogP contribution in [0.4, 0.5) is 5.82 Å². The van der Waals surface area contributed by atoms with E-state index in [0.29, 0.717) is 12.1 Å². The number of anilines is 1. The van der Waals surface area contributed by atoms with Gasteiger partial charge >= 0.3 is 0 Å². The SMILES string of the molecule is NC1CCC(Nc2nc(-c3ccncc3)nc3ccccc23)CC1. The van der Waals surface area contributed by atoms with Crippen molar-refractivity contribution in [3.8, 4) is 11.4 Å². The van der Waals surface area contributed by atoms with Crippen LogP contribution in [0.1, 0.15) is 25.7 Å². The van der Waals surface area contributed by atoms with Crippen LogP contribution in [0.5, 0.6) is 0 Å². The molecule has 5 nitrogen and oxygen atoms in total. The highest BCUT2D eigenvalue weighted by Crippen LogP contribution is 2.27. The first-order valence-corrected chi connectivity index (χ1v) is 8.49. The van der Waals surface area contributed by atoms with Gasteiger partial charge in [-0.2, -0.15) is 0 Å². The number of rotatable bonds is 3. The Labute approximate surface area is 141 Å². The highest BCUT2D eigenvalue weighted by Gasteiger charge is 2.20. The molecular formula is C19H21N5. The molecule has 1 aliphatic rings. The van der Waals surface area contributed by atoms with Crippen molar-refractivity contribution >= 4 is 16.7 Å². The predicted molar refractivity (Wildman–Crippen MR) is 96.6 cm³/mol. The molecule has 0 bridgehead atoms. The fourth-order valence-electron chi connectivity index (χ4n) is 3.27. The van der Waals surface area contributed by atoms with E-state index in [1.54, 1.807) is 12.4 Å². The summed E-state index contributed by atoms with van der Waals surface area (Å²) in [5.41, 5.74) is 7.95. The van der Waals surface area contributed by atoms with E-state index in [4.69, 9.17) is 15.7 Å². The van der Waals surface area contributed by atoms with Crippen molar-refractivity contribution in [3.05, 3.63) is 48.8 Å². The fourth-order valence-corrected chi connectivity index (χ4v) is 3.27. The molecule has 24 heavy (non-hydrogen) atoms. The van der Waals surface area contributed by atoms with E-state index in [-0.39, 0.29) is 0 Å². The molecule has 0 radical (unpaired) electrons. The molecule has 2 aromatic heterocycles. The largest absolute Gasteiger partial charge is 0.367 e. The van der Waals surface area contributed by atoms with Gasteiger partial charge in [0, 0.05) is 35.4 Å². The van der Waals surface area contributed by atoms with Crippen LogP contribution in [0, 0.1) is 0 Å². The number of pyridine rings is 1. The van der Waals surface area contributed by atoms with Gasteiger partial charge in [0.1, 0.15) is 5.82 Å². The minimum atomic E-state index is 0.345. The topological polar surface area (TPSA) is 76.7 Å². The molecule has 1 aliphatic carbocycles. The zero-order chi connectivity index (χ0) is 16.4. The van der Waals surface area contributed by atoms with Crippen molar-refractivity contribution < 1.29 is 0 Å². The maximum Gasteiger partial charge on any atom is 0.162 e. The van der Waals surface area contributed by atoms with Gasteiger partial charge in [-0.15, -0.1) is 0 Å². The predicted octanol–water partition coefficient (Wildman–Crippen LogP) is 3.37. The van der Waals surface area contributed by atoms with Gasteiger partial charge in [0.25, 0.3) is 0 Å². The molecule has 1 saturated carbocycles. The lowest BCUT2D eigenvalue weighted by molar-refractivity contribution is 0.410. The third-order valence-electron chi connectivity index (χ3n) is 4.65. The maximum atomic E-state index is 6.02. The van der Waals surface area contributed by atoms with Crippen molar-refractivity contribution in [1.82, 2.24) is 15.0 Å². The van der Waals surface area contributed by atoms with Gasteiger partial charge in [0.15, 0.2) is 5.82 Å². The Morgan fingerprint density at radius 2 is 1.67 bits per heavy atom. The lowest BCUT2D eigenvalue weighted by Crippen LogP contribution is -2.33. The number of nitrogens with one attached hydrogen (secondary N) is 1. The molecule has 3 aromatic rings. The van der Waals surface area contributed by atoms with Crippen LogP contribution >= 0.6 is 0 Å². The highest BCUT2D eigenvalue weighted by atomic mass is 15.1. The summed E-state index contributed by atoms with van der Waals surface area (Å²) in [7, 11) is 0. The molecule has 4 rings (SSSR count). The van der Waals surface area contributed by atoms with Crippen LogP contribution in [-0.2, 0) is 0 Å². The van der Waals surface area contributed by atoms with E-state index in [2.05, 4.69) is 16.4 Å². The van der Waals surface area contributed by atoms with E-state index in [1.165, 1.54) is 0 Å². The zero-order valence-electron chi connectivity index (χ0n) is 13.5. The van der Waals surface area contributed by atoms with Gasteiger partial charge in [0.2, 0.25) is 0 Å². The Hall–Kier alpha value is -2.53. The van der Waals surface area contributed by atoms with Gasteiger partial charge < -0.3 is 11.1 Å². The fraction of sp³-hybridized carbons (Fsp3) is 0.316. The molecule has 3 N–H and O–H groups in total. The van der Waals surface area contributed by atoms with Gasteiger partial charge in [-0.05, 0) is 49.9 Å². The monoisotopic (exact) mass is 319 g/mol. The Bertz CT molecular complexity index is 826. The van der Waals surface area contributed by atoms with E-state index in [0.717, 1.165) is 53.8 Å². The average molecular weight is 319 g/mol. The first-order valence-electron chi connectivity index (χ1n) is 8.49. The molecular weight excluding hydrogens is 298 g/mol. The highest BCUT2D eigenvalue weighted by molar-refractivity contribution is 5.90. The molecule has 1 aromatic carbocycles. The maximum absolute atomic E-state index is 6.02. The van der Waals surface area contributed by atoms with Crippen LogP contribution in [0.15, 0.2) is 48.8 Å². The summed E-state index contributed by atoms with van der Waals surface area (Å²) in [5, 5.41) is 4.69. The summed E-state index contributed by atoms with van der Waals surface area (Å²) >= 11 is 0. The van der Waals surface area contributed by atoms with Crippen molar-refractivity contribution in [3.63, 3.8) is 0 Å². The van der Waals surface area contributed by atoms with Crippen molar-refractivity contribution in [2.75, 3.05) is 5.32 Å². The summed E-state index contributed by atoms with van der Waals surface area (Å²) in [4.78, 5) is 13.6. The second kappa shape index (κ2) is 6.53. The first kappa shape index (κ1) is 15.0. The average Bonchev–Trinajstić information content (AvgIpc) is 2.64. The molecule has 0 atom stereocenters. The minimum absolute atomic E-state index is 0.345. The van der Waals surface area contributed by atoms with Crippen LogP contribution in [-0.4, -0.2) is 27.0 Å². The lowest BCUT2D eigenvalue weighted by Gasteiger charge is -2.27. The van der Waals surface area contributed by atoms with Crippen molar-refractivity contribution in [2.45, 2.75) is 37.8 Å². The second-order valence-corrected chi connectivity index (χ2v) is 6.40. The summed E-state index contributed by atoms with van der Waals surface area (Å²) in [6.45, 7) is 0. The van der Waals surface area contributed by atoms with Gasteiger partial charge in [-0.1, -0.05) is 12.1 Å².